The molecule has 0 aliphatic carbocycles. The lowest BCUT2D eigenvalue weighted by Crippen LogP contribution is -2.10. The maximum Gasteiger partial charge on any atom is 0.224 e. The Morgan fingerprint density at radius 2 is 1.89 bits per heavy atom. The van der Waals surface area contributed by atoms with Gasteiger partial charge in [0.1, 0.15) is 11.2 Å². The number of hydrogen-bond donors (Lipinski definition) is 3. The first-order valence-electron chi connectivity index (χ1n) is 12.8. The van der Waals surface area contributed by atoms with Crippen molar-refractivity contribution < 1.29 is 4.79 Å². The highest BCUT2D eigenvalue weighted by Gasteiger charge is 2.17. The average Bonchev–Trinajstić information content (AvgIpc) is 3.57. The van der Waals surface area contributed by atoms with Gasteiger partial charge in [0.15, 0.2) is 5.82 Å². The summed E-state index contributed by atoms with van der Waals surface area (Å²) in [6, 6.07) is 18.2. The lowest BCUT2D eigenvalue weighted by molar-refractivity contribution is -0.116. The molecule has 0 saturated heterocycles. The molecule has 0 saturated carbocycles. The number of nitrogens with zero attached hydrogens (tertiary/aromatic N) is 4. The SMILES string of the molecule is CCCC(=O)Nc1cc(CC)cc(-c2ccc3[nH]nc(-c4nc5c(-c6ccccn6)cncc5[nH]4)c3c2)c1. The number of carbonyl (C=O) groups is 1. The molecule has 4 aromatic heterocycles. The molecule has 3 N–H and O–H groups in total. The number of amides is 1. The molecule has 188 valence electrons. The van der Waals surface area contributed by atoms with E-state index in [1.54, 1.807) is 18.6 Å². The molecule has 1 amide bonds. The third-order valence-electron chi connectivity index (χ3n) is 6.62. The quantitative estimate of drug-likeness (QED) is 0.230. The van der Waals surface area contributed by atoms with Crippen LogP contribution in [0.2, 0.25) is 0 Å². The second kappa shape index (κ2) is 9.89. The van der Waals surface area contributed by atoms with Gasteiger partial charge in [-0.05, 0) is 65.9 Å². The van der Waals surface area contributed by atoms with Gasteiger partial charge in [-0.2, -0.15) is 5.10 Å². The minimum atomic E-state index is 0.0312. The first kappa shape index (κ1) is 23.5. The Bertz CT molecular complexity index is 1770. The normalized spacial score (nSPS) is 11.3. The van der Waals surface area contributed by atoms with Crippen molar-refractivity contribution in [3.05, 3.63) is 78.8 Å². The molecule has 0 aliphatic heterocycles. The Hall–Kier alpha value is -4.85. The minimum Gasteiger partial charge on any atom is -0.335 e. The molecule has 6 rings (SSSR count). The zero-order chi connectivity index (χ0) is 26.1. The van der Waals surface area contributed by atoms with Gasteiger partial charge in [-0.1, -0.05) is 32.0 Å². The van der Waals surface area contributed by atoms with Crippen LogP contribution >= 0.6 is 0 Å². The fourth-order valence-corrected chi connectivity index (χ4v) is 4.71. The molecule has 0 atom stereocenters. The second-order valence-electron chi connectivity index (χ2n) is 9.29. The summed E-state index contributed by atoms with van der Waals surface area (Å²) in [6.45, 7) is 4.12. The van der Waals surface area contributed by atoms with Gasteiger partial charge >= 0.3 is 0 Å². The number of anilines is 1. The molecule has 0 bridgehead atoms. The smallest absolute Gasteiger partial charge is 0.224 e. The molecule has 8 heteroatoms. The number of benzene rings is 2. The molecule has 38 heavy (non-hydrogen) atoms. The zero-order valence-electron chi connectivity index (χ0n) is 21.2. The highest BCUT2D eigenvalue weighted by molar-refractivity contribution is 5.98. The number of pyridine rings is 2. The van der Waals surface area contributed by atoms with Crippen molar-refractivity contribution in [2.75, 3.05) is 5.32 Å². The standard InChI is InChI=1S/C30H27N7O/c1-3-7-27(38)33-21-13-18(4-2)12-20(14-21)19-9-10-25-22(15-19)29(37-36-25)30-34-26-17-31-16-23(28(26)35-30)24-8-5-6-11-32-24/h5-6,8-17H,3-4,7H2,1-2H3,(H,33,38)(H,34,35)(H,36,37). The predicted molar refractivity (Wildman–Crippen MR) is 151 cm³/mol. The van der Waals surface area contributed by atoms with Crippen molar-refractivity contribution in [2.45, 2.75) is 33.1 Å². The number of H-pyrrole nitrogens is 2. The van der Waals surface area contributed by atoms with Crippen LogP contribution in [0.3, 0.4) is 0 Å². The van der Waals surface area contributed by atoms with E-state index in [0.29, 0.717) is 12.2 Å². The molecule has 0 radical (unpaired) electrons. The largest absolute Gasteiger partial charge is 0.335 e. The van der Waals surface area contributed by atoms with Crippen LogP contribution in [-0.2, 0) is 11.2 Å². The summed E-state index contributed by atoms with van der Waals surface area (Å²) in [5.41, 5.74) is 8.98. The van der Waals surface area contributed by atoms with Crippen LogP contribution in [0.1, 0.15) is 32.3 Å². The molecular weight excluding hydrogens is 474 g/mol. The van der Waals surface area contributed by atoms with Crippen molar-refractivity contribution in [3.8, 4) is 33.9 Å². The highest BCUT2D eigenvalue weighted by Crippen LogP contribution is 2.33. The van der Waals surface area contributed by atoms with Crippen molar-refractivity contribution in [2.24, 2.45) is 0 Å². The molecule has 2 aromatic carbocycles. The number of aryl methyl sites for hydroxylation is 1. The molecule has 0 fully saturated rings. The minimum absolute atomic E-state index is 0.0312. The number of hydrogen-bond acceptors (Lipinski definition) is 5. The molecule has 0 aliphatic rings. The van der Waals surface area contributed by atoms with Gasteiger partial charge < -0.3 is 10.3 Å². The van der Waals surface area contributed by atoms with E-state index >= 15 is 0 Å². The summed E-state index contributed by atoms with van der Waals surface area (Å²) < 4.78 is 0. The number of nitrogens with one attached hydrogen (secondary N) is 3. The average molecular weight is 502 g/mol. The number of aromatic amines is 2. The van der Waals surface area contributed by atoms with E-state index in [1.807, 2.05) is 43.3 Å². The Kier molecular flexibility index (Phi) is 6.13. The fraction of sp³-hybridized carbons (Fsp3) is 0.167. The van der Waals surface area contributed by atoms with E-state index in [-0.39, 0.29) is 5.91 Å². The maximum atomic E-state index is 12.2. The van der Waals surface area contributed by atoms with Gasteiger partial charge in [0.2, 0.25) is 5.91 Å². The van der Waals surface area contributed by atoms with E-state index in [4.69, 9.17) is 4.98 Å². The van der Waals surface area contributed by atoms with E-state index in [9.17, 15) is 4.79 Å². The van der Waals surface area contributed by atoms with Crippen molar-refractivity contribution >= 4 is 33.5 Å². The van der Waals surface area contributed by atoms with Crippen LogP contribution in [0.5, 0.6) is 0 Å². The van der Waals surface area contributed by atoms with Gasteiger partial charge in [-0.3, -0.25) is 19.9 Å². The Balaban J connectivity index is 1.43. The third kappa shape index (κ3) is 4.41. The van der Waals surface area contributed by atoms with Gasteiger partial charge in [0.25, 0.3) is 0 Å². The van der Waals surface area contributed by atoms with Crippen LogP contribution in [0, 0.1) is 0 Å². The number of fused-ring (bicyclic) bond motifs is 2. The van der Waals surface area contributed by atoms with E-state index < -0.39 is 0 Å². The summed E-state index contributed by atoms with van der Waals surface area (Å²) in [5.74, 6) is 0.687. The van der Waals surface area contributed by atoms with Crippen molar-refractivity contribution in [3.63, 3.8) is 0 Å². The molecule has 0 unspecified atom stereocenters. The summed E-state index contributed by atoms with van der Waals surface area (Å²) in [5, 5.41) is 11.7. The first-order chi connectivity index (χ1) is 18.6. The van der Waals surface area contributed by atoms with Gasteiger partial charge in [0, 0.05) is 35.5 Å². The molecule has 8 nitrogen and oxygen atoms in total. The molecule has 4 heterocycles. The third-order valence-corrected chi connectivity index (χ3v) is 6.62. The highest BCUT2D eigenvalue weighted by atomic mass is 16.1. The van der Waals surface area contributed by atoms with E-state index in [0.717, 1.165) is 74.1 Å². The van der Waals surface area contributed by atoms with Crippen molar-refractivity contribution in [1.29, 1.82) is 0 Å². The summed E-state index contributed by atoms with van der Waals surface area (Å²) in [4.78, 5) is 29.4. The lowest BCUT2D eigenvalue weighted by Gasteiger charge is -2.11. The first-order valence-corrected chi connectivity index (χ1v) is 12.8. The maximum absolute atomic E-state index is 12.2. The monoisotopic (exact) mass is 501 g/mol. The number of carbonyl (C=O) groups excluding carboxylic acids is 1. The summed E-state index contributed by atoms with van der Waals surface area (Å²) >= 11 is 0. The molecule has 6 aromatic rings. The van der Waals surface area contributed by atoms with Gasteiger partial charge in [-0.25, -0.2) is 4.98 Å². The van der Waals surface area contributed by atoms with Gasteiger partial charge in [0.05, 0.1) is 22.9 Å². The van der Waals surface area contributed by atoms with Crippen LogP contribution in [0.15, 0.2) is 73.2 Å². The Morgan fingerprint density at radius 3 is 2.71 bits per heavy atom. The fourth-order valence-electron chi connectivity index (χ4n) is 4.71. The lowest BCUT2D eigenvalue weighted by atomic mass is 9.99. The van der Waals surface area contributed by atoms with Gasteiger partial charge in [-0.15, -0.1) is 0 Å². The Labute approximate surface area is 219 Å². The van der Waals surface area contributed by atoms with E-state index in [2.05, 4.69) is 55.6 Å². The molecular formula is C30H27N7O. The summed E-state index contributed by atoms with van der Waals surface area (Å²) in [6.07, 6.45) is 7.50. The van der Waals surface area contributed by atoms with Crippen LogP contribution in [0.4, 0.5) is 5.69 Å². The molecule has 0 spiro atoms. The topological polar surface area (TPSA) is 112 Å². The number of rotatable bonds is 7. The number of aromatic nitrogens is 6. The second-order valence-corrected chi connectivity index (χ2v) is 9.29. The Morgan fingerprint density at radius 1 is 0.974 bits per heavy atom. The van der Waals surface area contributed by atoms with Crippen LogP contribution < -0.4 is 5.32 Å². The number of imidazole rings is 1. The van der Waals surface area contributed by atoms with Crippen molar-refractivity contribution in [1.82, 2.24) is 30.1 Å². The van der Waals surface area contributed by atoms with Crippen LogP contribution in [0.25, 0.3) is 55.8 Å². The zero-order valence-corrected chi connectivity index (χ0v) is 21.2. The summed E-state index contributed by atoms with van der Waals surface area (Å²) in [7, 11) is 0. The predicted octanol–water partition coefficient (Wildman–Crippen LogP) is 6.53. The van der Waals surface area contributed by atoms with E-state index in [1.165, 1.54) is 0 Å². The van der Waals surface area contributed by atoms with Crippen LogP contribution in [-0.4, -0.2) is 36.0 Å².